The predicted octanol–water partition coefficient (Wildman–Crippen LogP) is 3.75. The van der Waals surface area contributed by atoms with E-state index in [1.54, 1.807) is 0 Å². The van der Waals surface area contributed by atoms with Gasteiger partial charge in [-0.3, -0.25) is 9.80 Å². The maximum atomic E-state index is 2.86. The van der Waals surface area contributed by atoms with Crippen molar-refractivity contribution >= 4 is 11.8 Å². The number of fused-ring (bicyclic) bond motifs is 2. The largest absolute Gasteiger partial charge is 0.299 e. The predicted molar refractivity (Wildman–Crippen MR) is 92.1 cm³/mol. The van der Waals surface area contributed by atoms with Crippen LogP contribution in [-0.2, 0) is 0 Å². The van der Waals surface area contributed by atoms with Crippen molar-refractivity contribution in [3.63, 3.8) is 0 Å². The smallest absolute Gasteiger partial charge is 0.0215 e. The Bertz CT molecular complexity index is 304. The zero-order valence-electron chi connectivity index (χ0n) is 13.5. The molecule has 4 rings (SSSR count). The molecular formula is C18H32N2S. The van der Waals surface area contributed by atoms with Gasteiger partial charge in [-0.1, -0.05) is 12.8 Å². The van der Waals surface area contributed by atoms with Gasteiger partial charge in [-0.2, -0.15) is 11.8 Å². The van der Waals surface area contributed by atoms with Gasteiger partial charge >= 0.3 is 0 Å². The van der Waals surface area contributed by atoms with Crippen LogP contribution in [0.25, 0.3) is 0 Å². The van der Waals surface area contributed by atoms with Crippen molar-refractivity contribution in [2.24, 2.45) is 0 Å². The van der Waals surface area contributed by atoms with Crippen molar-refractivity contribution in [2.75, 3.05) is 26.2 Å². The standard InChI is InChI=1S/C18H32N2S/c1-3-11-19(12-4-1)15-7-9-18-16(8-10-17(15)21-18)20-13-5-2-6-14-20/h15-18H,1-14H2. The van der Waals surface area contributed by atoms with Gasteiger partial charge in [-0.15, -0.1) is 0 Å². The van der Waals surface area contributed by atoms with E-state index in [9.17, 15) is 0 Å². The first-order chi connectivity index (χ1) is 10.4. The third-order valence-corrected chi connectivity index (χ3v) is 8.22. The number of hydrogen-bond acceptors (Lipinski definition) is 3. The van der Waals surface area contributed by atoms with Crippen molar-refractivity contribution in [3.8, 4) is 0 Å². The summed E-state index contributed by atoms with van der Waals surface area (Å²) in [6, 6.07) is 1.85. The molecular weight excluding hydrogens is 276 g/mol. The van der Waals surface area contributed by atoms with Crippen molar-refractivity contribution in [1.82, 2.24) is 9.80 Å². The van der Waals surface area contributed by atoms with Gasteiger partial charge in [0.05, 0.1) is 0 Å². The van der Waals surface area contributed by atoms with Crippen LogP contribution in [-0.4, -0.2) is 58.6 Å². The van der Waals surface area contributed by atoms with E-state index in [0.717, 1.165) is 22.6 Å². The Balaban J connectivity index is 1.37. The Morgan fingerprint density at radius 3 is 1.38 bits per heavy atom. The first-order valence-corrected chi connectivity index (χ1v) is 10.5. The molecule has 4 aliphatic heterocycles. The van der Waals surface area contributed by atoms with E-state index in [2.05, 4.69) is 21.6 Å². The summed E-state index contributed by atoms with van der Waals surface area (Å²) in [5, 5.41) is 1.92. The van der Waals surface area contributed by atoms with Gasteiger partial charge in [-0.25, -0.2) is 0 Å². The number of nitrogens with zero attached hydrogens (tertiary/aromatic N) is 2. The summed E-state index contributed by atoms with van der Waals surface area (Å²) in [5.74, 6) is 0. The Morgan fingerprint density at radius 1 is 0.524 bits per heavy atom. The number of rotatable bonds is 2. The highest BCUT2D eigenvalue weighted by molar-refractivity contribution is 8.00. The Hall–Kier alpha value is 0.270. The van der Waals surface area contributed by atoms with E-state index < -0.39 is 0 Å². The topological polar surface area (TPSA) is 6.48 Å². The molecule has 120 valence electrons. The summed E-state index contributed by atoms with van der Waals surface area (Å²) in [6.45, 7) is 5.56. The molecule has 0 aromatic carbocycles. The summed E-state index contributed by atoms with van der Waals surface area (Å²) in [7, 11) is 0. The summed E-state index contributed by atoms with van der Waals surface area (Å²) in [5.41, 5.74) is 0. The van der Waals surface area contributed by atoms with Crippen LogP contribution in [0.15, 0.2) is 0 Å². The Kier molecular flexibility index (Phi) is 4.80. The van der Waals surface area contributed by atoms with E-state index >= 15 is 0 Å². The van der Waals surface area contributed by atoms with E-state index in [4.69, 9.17) is 0 Å². The van der Waals surface area contributed by atoms with Gasteiger partial charge in [-0.05, 0) is 77.5 Å². The maximum Gasteiger partial charge on any atom is 0.0215 e. The molecule has 4 saturated heterocycles. The molecule has 0 aliphatic carbocycles. The number of likely N-dealkylation sites (tertiary alicyclic amines) is 2. The molecule has 21 heavy (non-hydrogen) atoms. The van der Waals surface area contributed by atoms with Crippen molar-refractivity contribution < 1.29 is 0 Å². The lowest BCUT2D eigenvalue weighted by atomic mass is 9.88. The molecule has 0 spiro atoms. The highest BCUT2D eigenvalue weighted by Gasteiger charge is 2.43. The molecule has 4 aliphatic rings. The molecule has 0 aromatic rings. The number of hydrogen-bond donors (Lipinski definition) is 0. The molecule has 2 nitrogen and oxygen atoms in total. The van der Waals surface area contributed by atoms with Crippen LogP contribution >= 0.6 is 11.8 Å². The second kappa shape index (κ2) is 6.80. The SMILES string of the molecule is C1CCN(C2CCC3SC2CCC3N2CCCCC2)CC1. The molecule has 0 saturated carbocycles. The van der Waals surface area contributed by atoms with E-state index in [-0.39, 0.29) is 0 Å². The van der Waals surface area contributed by atoms with E-state index in [1.165, 1.54) is 90.4 Å². The lowest BCUT2D eigenvalue weighted by molar-refractivity contribution is 0.102. The van der Waals surface area contributed by atoms with Crippen molar-refractivity contribution in [2.45, 2.75) is 86.8 Å². The summed E-state index contributed by atoms with van der Waals surface area (Å²) < 4.78 is 0. The molecule has 0 N–H and O–H groups in total. The fourth-order valence-corrected chi connectivity index (χ4v) is 7.28. The first-order valence-electron chi connectivity index (χ1n) is 9.55. The second-order valence-corrected chi connectivity index (χ2v) is 9.18. The van der Waals surface area contributed by atoms with Crippen LogP contribution in [0.5, 0.6) is 0 Å². The molecule has 0 radical (unpaired) electrons. The average molecular weight is 309 g/mol. The van der Waals surface area contributed by atoms with Crippen LogP contribution in [0.2, 0.25) is 0 Å². The van der Waals surface area contributed by atoms with Crippen molar-refractivity contribution in [3.05, 3.63) is 0 Å². The van der Waals surface area contributed by atoms with Crippen LogP contribution in [0.4, 0.5) is 0 Å². The van der Waals surface area contributed by atoms with Crippen LogP contribution < -0.4 is 0 Å². The fraction of sp³-hybridized carbons (Fsp3) is 1.00. The lowest BCUT2D eigenvalue weighted by Gasteiger charge is -2.51. The van der Waals surface area contributed by atoms with E-state index in [1.807, 2.05) is 0 Å². The average Bonchev–Trinajstić information content (AvgIpc) is 2.57. The van der Waals surface area contributed by atoms with Gasteiger partial charge in [0.25, 0.3) is 0 Å². The molecule has 3 heteroatoms. The van der Waals surface area contributed by atoms with Crippen LogP contribution in [0, 0.1) is 0 Å². The van der Waals surface area contributed by atoms with Gasteiger partial charge in [0.15, 0.2) is 0 Å². The highest BCUT2D eigenvalue weighted by Crippen LogP contribution is 2.45. The van der Waals surface area contributed by atoms with Crippen LogP contribution in [0.1, 0.15) is 64.2 Å². The van der Waals surface area contributed by atoms with Crippen molar-refractivity contribution in [1.29, 1.82) is 0 Å². The Morgan fingerprint density at radius 2 is 0.952 bits per heavy atom. The van der Waals surface area contributed by atoms with Gasteiger partial charge in [0.2, 0.25) is 0 Å². The minimum atomic E-state index is 0.925. The molecule has 0 amide bonds. The fourth-order valence-electron chi connectivity index (χ4n) is 5.30. The normalized spacial score (nSPS) is 42.9. The minimum absolute atomic E-state index is 0.925. The van der Waals surface area contributed by atoms with Gasteiger partial charge in [0.1, 0.15) is 0 Å². The quantitative estimate of drug-likeness (QED) is 0.767. The van der Waals surface area contributed by atoms with Crippen LogP contribution in [0.3, 0.4) is 0 Å². The molecule has 4 atom stereocenters. The zero-order valence-corrected chi connectivity index (χ0v) is 14.3. The lowest BCUT2D eigenvalue weighted by Crippen LogP contribution is -2.55. The monoisotopic (exact) mass is 308 g/mol. The van der Waals surface area contributed by atoms with Gasteiger partial charge < -0.3 is 0 Å². The molecule has 4 fully saturated rings. The third-order valence-electron chi connectivity index (χ3n) is 6.42. The first kappa shape index (κ1) is 14.8. The minimum Gasteiger partial charge on any atom is -0.299 e. The third kappa shape index (κ3) is 3.16. The summed E-state index contributed by atoms with van der Waals surface area (Å²) in [4.78, 5) is 5.72. The molecule has 2 bridgehead atoms. The second-order valence-electron chi connectivity index (χ2n) is 7.70. The van der Waals surface area contributed by atoms with Gasteiger partial charge in [0, 0.05) is 22.6 Å². The number of thioether (sulfide) groups is 1. The van der Waals surface area contributed by atoms with E-state index in [0.29, 0.717) is 0 Å². The molecule has 4 heterocycles. The number of piperidine rings is 2. The maximum absolute atomic E-state index is 2.86. The highest BCUT2D eigenvalue weighted by atomic mass is 32.2. The summed E-state index contributed by atoms with van der Waals surface area (Å²) in [6.07, 6.45) is 14.7. The molecule has 0 aromatic heterocycles. The zero-order chi connectivity index (χ0) is 14.1. The summed E-state index contributed by atoms with van der Waals surface area (Å²) >= 11 is 2.39. The Labute approximate surface area is 135 Å². The molecule has 4 unspecified atom stereocenters.